The van der Waals surface area contributed by atoms with Crippen LogP contribution in [0.25, 0.3) is 10.9 Å². The highest BCUT2D eigenvalue weighted by molar-refractivity contribution is 7.84. The number of anilines is 1. The van der Waals surface area contributed by atoms with Crippen LogP contribution in [0.5, 0.6) is 11.5 Å². The van der Waals surface area contributed by atoms with Crippen molar-refractivity contribution in [2.24, 2.45) is 0 Å². The number of nitrogens with one attached hydrogen (secondary N) is 1. The predicted molar refractivity (Wildman–Crippen MR) is 142 cm³/mol. The Hall–Kier alpha value is -3.23. The molecule has 0 spiro atoms. The zero-order valence-electron chi connectivity index (χ0n) is 20.4. The van der Waals surface area contributed by atoms with Crippen molar-refractivity contribution in [3.63, 3.8) is 0 Å². The van der Waals surface area contributed by atoms with E-state index in [-0.39, 0.29) is 17.9 Å². The van der Waals surface area contributed by atoms with E-state index in [1.54, 1.807) is 24.7 Å². The van der Waals surface area contributed by atoms with E-state index in [9.17, 15) is 9.00 Å². The Morgan fingerprint density at radius 2 is 1.83 bits per heavy atom. The van der Waals surface area contributed by atoms with Gasteiger partial charge in [0.05, 0.1) is 29.4 Å². The topological polar surface area (TPSA) is 86.1 Å². The molecule has 4 aromatic rings. The van der Waals surface area contributed by atoms with Gasteiger partial charge in [-0.2, -0.15) is 5.10 Å². The van der Waals surface area contributed by atoms with E-state index in [2.05, 4.69) is 27.0 Å². The maximum absolute atomic E-state index is 12.4. The number of carbonyl (C=O) groups excluding carboxylic acids is 1. The average molecular weight is 513 g/mol. The van der Waals surface area contributed by atoms with Gasteiger partial charge in [-0.1, -0.05) is 12.1 Å². The maximum Gasteiger partial charge on any atom is 0.228 e. The summed E-state index contributed by atoms with van der Waals surface area (Å²) in [4.78, 5) is 17.5. The van der Waals surface area contributed by atoms with Crippen LogP contribution < -0.4 is 10.1 Å². The molecule has 1 unspecified atom stereocenters. The highest BCUT2D eigenvalue weighted by Gasteiger charge is 2.15. The Morgan fingerprint density at radius 1 is 1.11 bits per heavy atom. The minimum absolute atomic E-state index is 0.114. The molecule has 35 heavy (non-hydrogen) atoms. The maximum atomic E-state index is 12.4. The molecule has 0 bridgehead atoms. The van der Waals surface area contributed by atoms with Crippen LogP contribution in [0.2, 0.25) is 0 Å². The quantitative estimate of drug-likeness (QED) is 0.332. The van der Waals surface area contributed by atoms with Gasteiger partial charge in [0.2, 0.25) is 5.91 Å². The average Bonchev–Trinajstić information content (AvgIpc) is 3.30. The van der Waals surface area contributed by atoms with Gasteiger partial charge in [-0.05, 0) is 62.7 Å². The molecule has 2 heterocycles. The fourth-order valence-corrected chi connectivity index (χ4v) is 3.86. The van der Waals surface area contributed by atoms with Crippen molar-refractivity contribution in [1.82, 2.24) is 14.8 Å². The van der Waals surface area contributed by atoms with Crippen LogP contribution in [-0.2, 0) is 27.6 Å². The third-order valence-electron chi connectivity index (χ3n) is 5.07. The molecule has 0 radical (unpaired) electrons. The summed E-state index contributed by atoms with van der Waals surface area (Å²) < 4.78 is 19.7. The monoisotopic (exact) mass is 512 g/mol. The lowest BCUT2D eigenvalue weighted by atomic mass is 10.1. The molecule has 0 fully saturated rings. The smallest absolute Gasteiger partial charge is 0.228 e. The molecule has 0 saturated heterocycles. The number of fused-ring (bicyclic) bond motifs is 1. The first-order valence-corrected chi connectivity index (χ1v) is 13.2. The summed E-state index contributed by atoms with van der Waals surface area (Å²) in [6.45, 7) is 6.15. The van der Waals surface area contributed by atoms with E-state index in [0.717, 1.165) is 21.4 Å². The lowest BCUT2D eigenvalue weighted by molar-refractivity contribution is -0.115. The minimum atomic E-state index is -1.09. The second kappa shape index (κ2) is 11.5. The third-order valence-corrected chi connectivity index (χ3v) is 5.99. The molecular formula is C26H29ClN4O3S. The van der Waals surface area contributed by atoms with Crippen molar-refractivity contribution in [3.8, 4) is 11.5 Å². The number of hydrogen-bond donors (Lipinski definition) is 1. The number of nitrogens with zero attached hydrogens (tertiary/aromatic N) is 3. The van der Waals surface area contributed by atoms with Crippen LogP contribution in [0.15, 0.2) is 72.0 Å². The number of amides is 1. The summed E-state index contributed by atoms with van der Waals surface area (Å²) in [6, 6.07) is 14.7. The first-order valence-electron chi connectivity index (χ1n) is 10.9. The fourth-order valence-electron chi connectivity index (χ4n) is 3.32. The van der Waals surface area contributed by atoms with Crippen LogP contribution >= 0.6 is 11.6 Å². The lowest BCUT2D eigenvalue weighted by Crippen LogP contribution is -2.22. The summed E-state index contributed by atoms with van der Waals surface area (Å²) in [7, 11) is -1.09. The number of halogens is 1. The van der Waals surface area contributed by atoms with Crippen LogP contribution in [0, 0.1) is 0 Å². The molecule has 1 amide bonds. The second-order valence-electron chi connectivity index (χ2n) is 8.76. The summed E-state index contributed by atoms with van der Waals surface area (Å²) in [5.41, 5.74) is 2.16. The van der Waals surface area contributed by atoms with E-state index < -0.39 is 10.8 Å². The van der Waals surface area contributed by atoms with Crippen molar-refractivity contribution in [1.29, 1.82) is 0 Å². The normalized spacial score (nSPS) is 11.9. The summed E-state index contributed by atoms with van der Waals surface area (Å²) in [5, 5.41) is 7.98. The van der Waals surface area contributed by atoms with Crippen molar-refractivity contribution >= 4 is 44.9 Å². The van der Waals surface area contributed by atoms with Crippen LogP contribution in [0.3, 0.4) is 0 Å². The van der Waals surface area contributed by atoms with E-state index in [1.165, 1.54) is 6.38 Å². The molecule has 184 valence electrons. The molecule has 0 aliphatic heterocycles. The van der Waals surface area contributed by atoms with E-state index in [0.29, 0.717) is 17.2 Å². The van der Waals surface area contributed by atoms with Gasteiger partial charge in [0, 0.05) is 46.1 Å². The number of hydrogen-bond acceptors (Lipinski definition) is 5. The van der Waals surface area contributed by atoms with Gasteiger partial charge in [0.25, 0.3) is 0 Å². The first-order chi connectivity index (χ1) is 16.7. The van der Waals surface area contributed by atoms with Gasteiger partial charge in [-0.3, -0.25) is 18.7 Å². The molecule has 1 atom stereocenters. The highest BCUT2D eigenvalue weighted by atomic mass is 35.5. The number of pyridine rings is 1. The van der Waals surface area contributed by atoms with Crippen molar-refractivity contribution in [3.05, 3.63) is 72.7 Å². The van der Waals surface area contributed by atoms with Gasteiger partial charge in [0.1, 0.15) is 11.5 Å². The fraction of sp³-hybridized carbons (Fsp3) is 0.269. The van der Waals surface area contributed by atoms with Crippen molar-refractivity contribution in [2.45, 2.75) is 37.6 Å². The summed E-state index contributed by atoms with van der Waals surface area (Å²) in [5.74, 6) is 1.16. The Bertz CT molecular complexity index is 1330. The minimum Gasteiger partial charge on any atom is -0.457 e. The highest BCUT2D eigenvalue weighted by Crippen LogP contribution is 2.30. The Balaban J connectivity index is 0.00000167. The van der Waals surface area contributed by atoms with E-state index in [1.807, 2.05) is 74.1 Å². The predicted octanol–water partition coefficient (Wildman–Crippen LogP) is 5.75. The van der Waals surface area contributed by atoms with Gasteiger partial charge >= 0.3 is 0 Å². The number of benzene rings is 2. The molecule has 2 aromatic heterocycles. The van der Waals surface area contributed by atoms with Gasteiger partial charge in [-0.15, -0.1) is 11.6 Å². The van der Waals surface area contributed by atoms with Crippen LogP contribution in [-0.4, -0.2) is 37.5 Å². The van der Waals surface area contributed by atoms with E-state index >= 15 is 0 Å². The molecule has 0 saturated carbocycles. The molecule has 4 rings (SSSR count). The van der Waals surface area contributed by atoms with Gasteiger partial charge < -0.3 is 10.1 Å². The number of alkyl halides is 1. The standard InChI is InChI=1S/C25H26N4O3S.CH3Cl/c1-25(2,3)29-16-18(15-27-29)28-24(30)13-17-5-7-19(8-6-17)32-23-11-12-26-22-10-9-20(33(4)31)14-21(22)23;1-2/h5-12,14-16H,13H2,1-4H3,(H,28,30);1H3. The molecular weight excluding hydrogens is 484 g/mol. The zero-order chi connectivity index (χ0) is 25.6. The van der Waals surface area contributed by atoms with Crippen LogP contribution in [0.4, 0.5) is 5.69 Å². The third kappa shape index (κ3) is 6.90. The van der Waals surface area contributed by atoms with Gasteiger partial charge in [0.15, 0.2) is 0 Å². The SMILES string of the molecule is CCl.CS(=O)c1ccc2nccc(Oc3ccc(CC(=O)Nc4cnn(C(C)(C)C)c4)cc3)c2c1. The summed E-state index contributed by atoms with van der Waals surface area (Å²) >= 11 is 4.64. The molecule has 0 aliphatic rings. The first kappa shape index (κ1) is 26.4. The van der Waals surface area contributed by atoms with Crippen molar-refractivity contribution in [2.75, 3.05) is 18.0 Å². The van der Waals surface area contributed by atoms with Crippen molar-refractivity contribution < 1.29 is 13.7 Å². The Morgan fingerprint density at radius 3 is 2.46 bits per heavy atom. The molecule has 9 heteroatoms. The molecule has 0 aliphatic carbocycles. The summed E-state index contributed by atoms with van der Waals surface area (Å²) in [6.07, 6.45) is 8.52. The number of carbonyl (C=O) groups is 1. The molecule has 2 aromatic carbocycles. The Labute approximate surface area is 212 Å². The number of ether oxygens (including phenoxy) is 1. The lowest BCUT2D eigenvalue weighted by Gasteiger charge is -2.18. The van der Waals surface area contributed by atoms with Crippen LogP contribution in [0.1, 0.15) is 26.3 Å². The Kier molecular flexibility index (Phi) is 8.64. The zero-order valence-corrected chi connectivity index (χ0v) is 22.0. The largest absolute Gasteiger partial charge is 0.457 e. The number of rotatable bonds is 6. The van der Waals surface area contributed by atoms with Gasteiger partial charge in [-0.25, -0.2) is 0 Å². The molecule has 7 nitrogen and oxygen atoms in total. The number of aromatic nitrogens is 3. The van der Waals surface area contributed by atoms with E-state index in [4.69, 9.17) is 4.74 Å². The molecule has 1 N–H and O–H groups in total. The second-order valence-corrected chi connectivity index (χ2v) is 10.1.